The van der Waals surface area contributed by atoms with Crippen molar-refractivity contribution < 1.29 is 0 Å². The summed E-state index contributed by atoms with van der Waals surface area (Å²) in [5.41, 5.74) is 16.1. The maximum absolute atomic E-state index is 5.08. The van der Waals surface area contributed by atoms with Gasteiger partial charge < -0.3 is 4.57 Å². The molecule has 0 atom stereocenters. The molecule has 0 N–H and O–H groups in total. The summed E-state index contributed by atoms with van der Waals surface area (Å²) in [5, 5.41) is 5.06. The molecule has 8 aromatic carbocycles. The maximum atomic E-state index is 5.08. The molecule has 0 amide bonds. The maximum Gasteiger partial charge on any atom is 0.140 e. The van der Waals surface area contributed by atoms with Crippen LogP contribution in [-0.4, -0.2) is 9.55 Å². The molecule has 9 aromatic rings. The second-order valence-corrected chi connectivity index (χ2v) is 13.6. The summed E-state index contributed by atoms with van der Waals surface area (Å²) in [6.07, 6.45) is 0. The molecule has 2 heteroatoms. The monoisotopic (exact) mass is 622 g/mol. The number of aromatic nitrogens is 2. The van der Waals surface area contributed by atoms with Gasteiger partial charge in [0.1, 0.15) is 5.82 Å². The van der Waals surface area contributed by atoms with Crippen molar-refractivity contribution in [3.63, 3.8) is 0 Å². The van der Waals surface area contributed by atoms with Gasteiger partial charge in [-0.15, -0.1) is 0 Å². The summed E-state index contributed by atoms with van der Waals surface area (Å²) in [6, 6.07) is 60.8. The molecule has 2 aliphatic carbocycles. The Hall–Kier alpha value is -6.25. The van der Waals surface area contributed by atoms with Gasteiger partial charge in [0.05, 0.1) is 16.4 Å². The molecule has 0 radical (unpaired) electrons. The predicted molar refractivity (Wildman–Crippen MR) is 203 cm³/mol. The number of rotatable bonds is 2. The Bertz CT molecular complexity index is 2790. The topological polar surface area (TPSA) is 17.8 Å². The van der Waals surface area contributed by atoms with E-state index in [-0.39, 0.29) is 5.41 Å². The minimum atomic E-state index is -0.382. The van der Waals surface area contributed by atoms with Crippen LogP contribution in [0.25, 0.3) is 77.3 Å². The lowest BCUT2D eigenvalue weighted by molar-refractivity contribution is 0.796. The molecule has 2 nitrogen and oxygen atoms in total. The molecular weight excluding hydrogens is 593 g/mol. The highest BCUT2D eigenvalue weighted by atomic mass is 15.1. The fourth-order valence-electron chi connectivity index (χ4n) is 8.97. The highest BCUT2D eigenvalue weighted by Gasteiger charge is 2.51. The van der Waals surface area contributed by atoms with Crippen molar-refractivity contribution in [2.75, 3.05) is 0 Å². The van der Waals surface area contributed by atoms with E-state index in [4.69, 9.17) is 4.98 Å². The molecule has 1 aromatic heterocycles. The average Bonchev–Trinajstić information content (AvgIpc) is 3.75. The average molecular weight is 623 g/mol. The van der Waals surface area contributed by atoms with E-state index in [2.05, 4.69) is 169 Å². The van der Waals surface area contributed by atoms with Crippen molar-refractivity contribution in [2.45, 2.75) is 5.41 Å². The van der Waals surface area contributed by atoms with E-state index in [1.165, 1.54) is 77.2 Å². The third-order valence-corrected chi connectivity index (χ3v) is 11.2. The number of nitrogens with zero attached hydrogens (tertiary/aromatic N) is 2. The first-order valence-electron chi connectivity index (χ1n) is 17.0. The van der Waals surface area contributed by atoms with Crippen LogP contribution < -0.4 is 0 Å². The van der Waals surface area contributed by atoms with Gasteiger partial charge in [-0.25, -0.2) is 4.98 Å². The van der Waals surface area contributed by atoms with Gasteiger partial charge in [-0.2, -0.15) is 0 Å². The van der Waals surface area contributed by atoms with Crippen LogP contribution in [0.2, 0.25) is 0 Å². The number of hydrogen-bond acceptors (Lipinski definition) is 1. The molecule has 0 saturated heterocycles. The van der Waals surface area contributed by atoms with Crippen LogP contribution >= 0.6 is 0 Å². The normalized spacial score (nSPS) is 13.6. The molecule has 228 valence electrons. The van der Waals surface area contributed by atoms with Gasteiger partial charge in [0.15, 0.2) is 0 Å². The minimum absolute atomic E-state index is 0.382. The molecule has 11 rings (SSSR count). The van der Waals surface area contributed by atoms with Gasteiger partial charge in [0.25, 0.3) is 0 Å². The first-order chi connectivity index (χ1) is 24.2. The Labute approximate surface area is 284 Å². The van der Waals surface area contributed by atoms with Gasteiger partial charge in [-0.05, 0) is 120 Å². The molecule has 1 spiro atoms. The Balaban J connectivity index is 1.15. The second kappa shape index (κ2) is 9.65. The Morgan fingerprint density at radius 2 is 0.959 bits per heavy atom. The number of fused-ring (bicyclic) bond motifs is 13. The zero-order chi connectivity index (χ0) is 32.3. The largest absolute Gasteiger partial charge is 0.327 e. The van der Waals surface area contributed by atoms with E-state index >= 15 is 0 Å². The van der Waals surface area contributed by atoms with Crippen LogP contribution in [0.1, 0.15) is 22.3 Å². The lowest BCUT2D eigenvalue weighted by atomic mass is 9.70. The number of aryl methyl sites for hydroxylation is 1. The Kier molecular flexibility index (Phi) is 5.28. The number of benzene rings is 8. The van der Waals surface area contributed by atoms with E-state index < -0.39 is 0 Å². The second-order valence-electron chi connectivity index (χ2n) is 13.6. The van der Waals surface area contributed by atoms with Gasteiger partial charge in [-0.3, -0.25) is 0 Å². The third kappa shape index (κ3) is 3.53. The summed E-state index contributed by atoms with van der Waals surface area (Å²) in [7, 11) is 2.10. The van der Waals surface area contributed by atoms with Crippen LogP contribution in [0.3, 0.4) is 0 Å². The summed E-state index contributed by atoms with van der Waals surface area (Å²) < 4.78 is 2.19. The van der Waals surface area contributed by atoms with Crippen molar-refractivity contribution in [1.29, 1.82) is 0 Å². The lowest BCUT2D eigenvalue weighted by Crippen LogP contribution is -2.25. The van der Waals surface area contributed by atoms with Crippen LogP contribution in [0.15, 0.2) is 164 Å². The first kappa shape index (κ1) is 26.8. The van der Waals surface area contributed by atoms with Crippen LogP contribution in [0, 0.1) is 0 Å². The lowest BCUT2D eigenvalue weighted by Gasteiger charge is -2.30. The van der Waals surface area contributed by atoms with Crippen LogP contribution in [0.4, 0.5) is 0 Å². The zero-order valence-corrected chi connectivity index (χ0v) is 27.0. The first-order valence-corrected chi connectivity index (χ1v) is 17.0. The molecule has 1 heterocycles. The zero-order valence-electron chi connectivity index (χ0n) is 27.0. The van der Waals surface area contributed by atoms with E-state index in [9.17, 15) is 0 Å². The van der Waals surface area contributed by atoms with E-state index in [1.807, 2.05) is 6.07 Å². The molecular formula is C47H30N2. The summed E-state index contributed by atoms with van der Waals surface area (Å²) in [6.45, 7) is 0. The predicted octanol–water partition coefficient (Wildman–Crippen LogP) is 11.6. The molecule has 0 aliphatic heterocycles. The SMILES string of the molecule is Cn1c(-c2ccccc2)nc2cc(-c3ccc4cc5c(cc4c3)C3(c4ccccc4-c4ccccc43)c3cc4ccccc4cc3-5)ccc21. The van der Waals surface area contributed by atoms with Gasteiger partial charge in [0, 0.05) is 12.6 Å². The van der Waals surface area contributed by atoms with Crippen molar-refractivity contribution in [1.82, 2.24) is 9.55 Å². The van der Waals surface area contributed by atoms with Crippen LogP contribution in [-0.2, 0) is 12.5 Å². The Morgan fingerprint density at radius 1 is 0.408 bits per heavy atom. The Morgan fingerprint density at radius 3 is 1.67 bits per heavy atom. The summed E-state index contributed by atoms with van der Waals surface area (Å²) in [4.78, 5) is 5.08. The smallest absolute Gasteiger partial charge is 0.140 e. The summed E-state index contributed by atoms with van der Waals surface area (Å²) in [5.74, 6) is 0.983. The molecule has 0 bridgehead atoms. The van der Waals surface area contributed by atoms with Crippen molar-refractivity contribution in [3.8, 4) is 44.8 Å². The van der Waals surface area contributed by atoms with Crippen LogP contribution in [0.5, 0.6) is 0 Å². The van der Waals surface area contributed by atoms with E-state index in [0.29, 0.717) is 0 Å². The standard InChI is InChI=1S/C47H30N2/c1-49-45-22-21-34(28-44(45)48-46(49)29-11-3-2-4-12-29)32-19-20-33-25-39-38-24-30-13-5-6-14-31(30)26-42(38)47(43(39)27-35(33)23-32)40-17-9-7-15-36(40)37-16-8-10-18-41(37)47/h2-28H,1H3. The van der Waals surface area contributed by atoms with E-state index in [0.717, 1.165) is 22.4 Å². The molecule has 2 aliphatic rings. The van der Waals surface area contributed by atoms with Crippen molar-refractivity contribution in [3.05, 3.63) is 186 Å². The molecule has 49 heavy (non-hydrogen) atoms. The highest BCUT2D eigenvalue weighted by molar-refractivity contribution is 6.04. The van der Waals surface area contributed by atoms with Gasteiger partial charge in [-0.1, -0.05) is 121 Å². The quantitative estimate of drug-likeness (QED) is 0.188. The summed E-state index contributed by atoms with van der Waals surface area (Å²) >= 11 is 0. The highest BCUT2D eigenvalue weighted by Crippen LogP contribution is 2.63. The fraction of sp³-hybridized carbons (Fsp3) is 0.0426. The minimum Gasteiger partial charge on any atom is -0.327 e. The molecule has 0 saturated carbocycles. The fourth-order valence-corrected chi connectivity index (χ4v) is 8.97. The molecule has 0 fully saturated rings. The number of imidazole rings is 1. The van der Waals surface area contributed by atoms with Gasteiger partial charge >= 0.3 is 0 Å². The van der Waals surface area contributed by atoms with Gasteiger partial charge in [0.2, 0.25) is 0 Å². The van der Waals surface area contributed by atoms with Crippen molar-refractivity contribution >= 4 is 32.6 Å². The van der Waals surface area contributed by atoms with Crippen molar-refractivity contribution in [2.24, 2.45) is 7.05 Å². The third-order valence-electron chi connectivity index (χ3n) is 11.2. The van der Waals surface area contributed by atoms with E-state index in [1.54, 1.807) is 0 Å². The molecule has 0 unspecified atom stereocenters. The number of hydrogen-bond donors (Lipinski definition) is 0.